The molecule has 0 aliphatic heterocycles. The molecule has 32 heavy (non-hydrogen) atoms. The van der Waals surface area contributed by atoms with Crippen molar-refractivity contribution >= 4 is 49.2 Å². The van der Waals surface area contributed by atoms with Gasteiger partial charge in [-0.3, -0.25) is 9.59 Å². The van der Waals surface area contributed by atoms with Crippen molar-refractivity contribution < 1.29 is 14.0 Å². The van der Waals surface area contributed by atoms with E-state index in [9.17, 15) is 14.0 Å². The van der Waals surface area contributed by atoms with E-state index in [1.165, 1.54) is 12.1 Å². The molecule has 1 heterocycles. The van der Waals surface area contributed by atoms with Crippen molar-refractivity contribution in [3.63, 3.8) is 0 Å². The Hall–Kier alpha value is -2.44. The minimum atomic E-state index is -0.664. The number of ketones is 1. The Morgan fingerprint density at radius 3 is 2.41 bits per heavy atom. The van der Waals surface area contributed by atoms with Crippen LogP contribution in [0.5, 0.6) is 0 Å². The Morgan fingerprint density at radius 2 is 1.88 bits per heavy atom. The van der Waals surface area contributed by atoms with Crippen LogP contribution in [-0.2, 0) is 7.05 Å². The Kier molecular flexibility index (Phi) is 6.96. The second-order valence-corrected chi connectivity index (χ2v) is 10.2. The van der Waals surface area contributed by atoms with Gasteiger partial charge in [0.05, 0.1) is 25.9 Å². The zero-order valence-corrected chi connectivity index (χ0v) is 21.4. The predicted octanol–water partition coefficient (Wildman–Crippen LogP) is 5.82. The first kappa shape index (κ1) is 24.2. The molecule has 0 radical (unpaired) electrons. The van der Waals surface area contributed by atoms with E-state index in [2.05, 4.69) is 42.5 Å². The molecule has 168 valence electrons. The van der Waals surface area contributed by atoms with Crippen LogP contribution < -0.4 is 10.6 Å². The minimum absolute atomic E-state index is 0.171. The van der Waals surface area contributed by atoms with Gasteiger partial charge in [-0.05, 0) is 95.7 Å². The van der Waals surface area contributed by atoms with Gasteiger partial charge in [0.25, 0.3) is 5.91 Å². The van der Waals surface area contributed by atoms with Gasteiger partial charge in [-0.1, -0.05) is 0 Å². The number of Topliss-reactive ketones (excluding diaryl/α,β-unsaturated/α-hetero) is 1. The quantitative estimate of drug-likeness (QED) is 0.353. The number of anilines is 1. The number of carbonyl (C=O) groups is 2. The largest absolute Gasteiger partial charge is 0.377 e. The lowest BCUT2D eigenvalue weighted by atomic mass is 9.88. The number of nitrogens with one attached hydrogen (secondary N) is 2. The van der Waals surface area contributed by atoms with Gasteiger partial charge < -0.3 is 15.2 Å². The van der Waals surface area contributed by atoms with E-state index in [0.717, 1.165) is 30.9 Å². The summed E-state index contributed by atoms with van der Waals surface area (Å²) in [5, 5.41) is 15.0. The van der Waals surface area contributed by atoms with Crippen LogP contribution >= 0.6 is 31.9 Å². The smallest absolute Gasteiger partial charge is 0.259 e. The summed E-state index contributed by atoms with van der Waals surface area (Å²) >= 11 is 6.87. The number of amides is 1. The Balaban J connectivity index is 1.99. The van der Waals surface area contributed by atoms with Crippen molar-refractivity contribution in [1.82, 2.24) is 9.88 Å². The zero-order chi connectivity index (χ0) is 23.8. The lowest BCUT2D eigenvalue weighted by molar-refractivity contribution is 0.100. The highest BCUT2D eigenvalue weighted by atomic mass is 79.9. The molecule has 2 N–H and O–H groups in total. The number of hydrogen-bond donors (Lipinski definition) is 2. The summed E-state index contributed by atoms with van der Waals surface area (Å²) in [6, 6.07) is 5.50. The summed E-state index contributed by atoms with van der Waals surface area (Å²) in [6.45, 7) is 5.98. The second-order valence-electron chi connectivity index (χ2n) is 8.68. The zero-order valence-electron chi connectivity index (χ0n) is 18.2. The van der Waals surface area contributed by atoms with Crippen molar-refractivity contribution in [2.75, 3.05) is 5.32 Å². The van der Waals surface area contributed by atoms with Gasteiger partial charge >= 0.3 is 0 Å². The molecule has 0 saturated heterocycles. The Labute approximate surface area is 203 Å². The maximum absolute atomic E-state index is 13.6. The normalized spacial score (nSPS) is 13.2. The maximum atomic E-state index is 13.6. The van der Waals surface area contributed by atoms with Gasteiger partial charge in [-0.25, -0.2) is 4.39 Å². The molecular formula is C23H23Br2FN4O2. The monoisotopic (exact) mass is 564 g/mol. The molecule has 1 saturated carbocycles. The number of halogens is 3. The summed E-state index contributed by atoms with van der Waals surface area (Å²) in [6.07, 6.45) is 2.78. The molecule has 0 bridgehead atoms. The van der Waals surface area contributed by atoms with E-state index in [1.54, 1.807) is 17.7 Å². The van der Waals surface area contributed by atoms with E-state index in [4.69, 9.17) is 5.26 Å². The number of nitrogens with zero attached hydrogens (tertiary/aromatic N) is 2. The molecule has 0 unspecified atom stereocenters. The van der Waals surface area contributed by atoms with Crippen LogP contribution in [0.1, 0.15) is 66.4 Å². The van der Waals surface area contributed by atoms with E-state index >= 15 is 0 Å². The molecule has 1 aliphatic rings. The molecule has 0 spiro atoms. The average Bonchev–Trinajstić information content (AvgIpc) is 2.88. The van der Waals surface area contributed by atoms with Crippen molar-refractivity contribution in [2.45, 2.75) is 45.6 Å². The van der Waals surface area contributed by atoms with E-state index in [1.807, 2.05) is 20.8 Å². The first-order valence-corrected chi connectivity index (χ1v) is 11.6. The number of hydrogen-bond acceptors (Lipinski definition) is 4. The highest BCUT2D eigenvalue weighted by Gasteiger charge is 2.32. The summed E-state index contributed by atoms with van der Waals surface area (Å²) in [5.74, 6) is -1.36. The standard InChI is InChI=1S/C23H23Br2FN4O2/c1-23(2,3)29-18(12-6-5-7-12)20(31)19-17(24)16(21(25)30(19)4)22(32)28-14-8-9-15(26)13(10-14)11-27/h8-10,29H,5-7H2,1-4H3,(H,28,32). The summed E-state index contributed by atoms with van der Waals surface area (Å²) in [7, 11) is 1.70. The van der Waals surface area contributed by atoms with E-state index in [0.29, 0.717) is 20.5 Å². The fourth-order valence-electron chi connectivity index (χ4n) is 3.35. The molecule has 1 aliphatic carbocycles. The molecular weight excluding hydrogens is 543 g/mol. The van der Waals surface area contributed by atoms with Crippen LogP contribution in [0.15, 0.2) is 38.5 Å². The number of aromatic nitrogens is 1. The molecule has 3 rings (SSSR count). The molecule has 1 aromatic heterocycles. The van der Waals surface area contributed by atoms with Crippen LogP contribution in [0.3, 0.4) is 0 Å². The summed E-state index contributed by atoms with van der Waals surface area (Å²) in [5.41, 5.74) is 2.02. The van der Waals surface area contributed by atoms with Gasteiger partial charge in [0.2, 0.25) is 5.78 Å². The highest BCUT2D eigenvalue weighted by molar-refractivity contribution is 9.11. The van der Waals surface area contributed by atoms with Gasteiger partial charge in [-0.15, -0.1) is 0 Å². The van der Waals surface area contributed by atoms with E-state index < -0.39 is 11.7 Å². The summed E-state index contributed by atoms with van der Waals surface area (Å²) < 4.78 is 16.0. The van der Waals surface area contributed by atoms with Crippen molar-refractivity contribution in [3.8, 4) is 6.07 Å². The molecule has 0 atom stereocenters. The Bertz CT molecular complexity index is 1180. The number of nitriles is 1. The summed E-state index contributed by atoms with van der Waals surface area (Å²) in [4.78, 5) is 26.6. The fourth-order valence-corrected chi connectivity index (χ4v) is 4.99. The third-order valence-corrected chi connectivity index (χ3v) is 6.79. The molecule has 1 amide bonds. The van der Waals surface area contributed by atoms with Crippen LogP contribution in [0.25, 0.3) is 0 Å². The fraction of sp³-hybridized carbons (Fsp3) is 0.348. The van der Waals surface area contributed by atoms with Gasteiger partial charge in [0, 0.05) is 18.3 Å². The maximum Gasteiger partial charge on any atom is 0.259 e. The molecule has 1 aromatic carbocycles. The number of allylic oxidation sites excluding steroid dienone is 2. The van der Waals surface area contributed by atoms with E-state index in [-0.39, 0.29) is 28.1 Å². The number of rotatable bonds is 5. The lowest BCUT2D eigenvalue weighted by Gasteiger charge is -2.29. The van der Waals surface area contributed by atoms with Crippen LogP contribution in [0, 0.1) is 17.1 Å². The molecule has 6 nitrogen and oxygen atoms in total. The highest BCUT2D eigenvalue weighted by Crippen LogP contribution is 2.36. The van der Waals surface area contributed by atoms with Gasteiger partial charge in [0.15, 0.2) is 0 Å². The van der Waals surface area contributed by atoms with Gasteiger partial charge in [0.1, 0.15) is 17.6 Å². The Morgan fingerprint density at radius 1 is 1.22 bits per heavy atom. The van der Waals surface area contributed by atoms with Crippen molar-refractivity contribution in [3.05, 3.63) is 61.2 Å². The van der Waals surface area contributed by atoms with Crippen molar-refractivity contribution in [1.29, 1.82) is 5.26 Å². The average molecular weight is 566 g/mol. The lowest BCUT2D eigenvalue weighted by Crippen LogP contribution is -2.39. The first-order chi connectivity index (χ1) is 14.9. The minimum Gasteiger partial charge on any atom is -0.377 e. The van der Waals surface area contributed by atoms with Crippen LogP contribution in [0.2, 0.25) is 0 Å². The third-order valence-electron chi connectivity index (χ3n) is 5.09. The second kappa shape index (κ2) is 9.20. The predicted molar refractivity (Wildman–Crippen MR) is 128 cm³/mol. The first-order valence-electron chi connectivity index (χ1n) is 10.0. The topological polar surface area (TPSA) is 86.9 Å². The molecule has 2 aromatic rings. The van der Waals surface area contributed by atoms with Crippen molar-refractivity contribution in [2.24, 2.45) is 7.05 Å². The number of benzene rings is 1. The molecule has 9 heteroatoms. The van der Waals surface area contributed by atoms with Gasteiger partial charge in [-0.2, -0.15) is 5.26 Å². The third kappa shape index (κ3) is 4.81. The molecule has 1 fully saturated rings. The van der Waals surface area contributed by atoms with Crippen LogP contribution in [0.4, 0.5) is 10.1 Å². The SMILES string of the molecule is Cn1c(Br)c(C(=O)Nc2ccc(F)c(C#N)c2)c(Br)c1C(=O)C(NC(C)(C)C)=C1CCC1. The number of carbonyl (C=O) groups excluding carboxylic acids is 2. The van der Waals surface area contributed by atoms with Crippen LogP contribution in [-0.4, -0.2) is 21.8 Å².